The van der Waals surface area contributed by atoms with E-state index < -0.39 is 29.1 Å². The Morgan fingerprint density at radius 2 is 2.00 bits per heavy atom. The lowest BCUT2D eigenvalue weighted by atomic mass is 9.79. The molecule has 1 aromatic carbocycles. The quantitative estimate of drug-likeness (QED) is 0.727. The molecule has 1 unspecified atom stereocenters. The van der Waals surface area contributed by atoms with Crippen molar-refractivity contribution in [1.29, 1.82) is 0 Å². The molecule has 0 fully saturated rings. The smallest absolute Gasteiger partial charge is 0.333 e. The zero-order valence-electron chi connectivity index (χ0n) is 8.94. The van der Waals surface area contributed by atoms with E-state index in [1.807, 2.05) is 0 Å². The summed E-state index contributed by atoms with van der Waals surface area (Å²) in [6.07, 6.45) is -1.64. The summed E-state index contributed by atoms with van der Waals surface area (Å²) in [5, 5.41) is 27.2. The fourth-order valence-electron chi connectivity index (χ4n) is 1.37. The van der Waals surface area contributed by atoms with Gasteiger partial charge in [0.2, 0.25) is 0 Å². The third-order valence-electron chi connectivity index (χ3n) is 2.61. The monoisotopic (exact) mass is 228 g/mol. The average Bonchev–Trinajstić information content (AvgIpc) is 2.20. The molecule has 4 nitrogen and oxygen atoms in total. The van der Waals surface area contributed by atoms with Gasteiger partial charge in [-0.1, -0.05) is 19.9 Å². The van der Waals surface area contributed by atoms with Crippen molar-refractivity contribution in [3.8, 4) is 5.75 Å². The minimum Gasteiger partial charge on any atom is -0.505 e. The molecule has 1 atom stereocenters. The predicted octanol–water partition coefficient (Wildman–Crippen LogP) is 1.25. The number of hydrogen-bond donors (Lipinski definition) is 3. The fourth-order valence-corrected chi connectivity index (χ4v) is 1.37. The second-order valence-corrected chi connectivity index (χ2v) is 4.13. The van der Waals surface area contributed by atoms with Gasteiger partial charge in [-0.15, -0.1) is 0 Å². The zero-order valence-corrected chi connectivity index (χ0v) is 8.94. The Kier molecular flexibility index (Phi) is 3.19. The maximum Gasteiger partial charge on any atom is 0.333 e. The molecule has 1 aromatic rings. The molecule has 0 bridgehead atoms. The van der Waals surface area contributed by atoms with Crippen LogP contribution in [-0.4, -0.2) is 27.4 Å². The number of aliphatic hydroxyl groups is 1. The number of carboxylic acids is 1. The lowest BCUT2D eigenvalue weighted by Crippen LogP contribution is -2.39. The van der Waals surface area contributed by atoms with Crippen LogP contribution >= 0.6 is 0 Å². The minimum atomic E-state index is -1.64. The van der Waals surface area contributed by atoms with Gasteiger partial charge in [0.25, 0.3) is 0 Å². The van der Waals surface area contributed by atoms with E-state index in [0.717, 1.165) is 12.1 Å². The molecule has 3 N–H and O–H groups in total. The predicted molar refractivity (Wildman–Crippen MR) is 54.7 cm³/mol. The number of phenolic OH excluding ortho intramolecular Hbond substituents is 1. The molecule has 0 radical (unpaired) electrons. The SMILES string of the molecule is CC(C)(c1ccc(O)c(F)c1)C(O)C(=O)O. The molecule has 0 aliphatic heterocycles. The van der Waals surface area contributed by atoms with Crippen molar-refractivity contribution in [3.63, 3.8) is 0 Å². The fraction of sp³-hybridized carbons (Fsp3) is 0.364. The molecule has 0 amide bonds. The van der Waals surface area contributed by atoms with Gasteiger partial charge in [0.05, 0.1) is 0 Å². The molecule has 0 spiro atoms. The molecule has 0 saturated heterocycles. The van der Waals surface area contributed by atoms with Gasteiger partial charge in [0, 0.05) is 5.41 Å². The number of benzene rings is 1. The number of halogens is 1. The van der Waals surface area contributed by atoms with Gasteiger partial charge >= 0.3 is 5.97 Å². The van der Waals surface area contributed by atoms with E-state index >= 15 is 0 Å². The largest absolute Gasteiger partial charge is 0.505 e. The number of phenols is 1. The Balaban J connectivity index is 3.16. The van der Waals surface area contributed by atoms with Crippen LogP contribution in [0, 0.1) is 5.82 Å². The first-order chi connectivity index (χ1) is 7.26. The van der Waals surface area contributed by atoms with Crippen LogP contribution < -0.4 is 0 Å². The molecule has 0 aliphatic rings. The highest BCUT2D eigenvalue weighted by molar-refractivity contribution is 5.74. The van der Waals surface area contributed by atoms with E-state index in [2.05, 4.69) is 0 Å². The molecule has 1 rings (SSSR count). The molecular weight excluding hydrogens is 215 g/mol. The Bertz CT molecular complexity index is 414. The topological polar surface area (TPSA) is 77.8 Å². The van der Waals surface area contributed by atoms with Gasteiger partial charge in [0.15, 0.2) is 17.7 Å². The summed E-state index contributed by atoms with van der Waals surface area (Å²) in [4.78, 5) is 10.7. The van der Waals surface area contributed by atoms with Crippen LogP contribution in [0.25, 0.3) is 0 Å². The van der Waals surface area contributed by atoms with Crippen molar-refractivity contribution >= 4 is 5.97 Å². The zero-order chi connectivity index (χ0) is 12.5. The van der Waals surface area contributed by atoms with E-state index in [1.165, 1.54) is 19.9 Å². The lowest BCUT2D eigenvalue weighted by Gasteiger charge is -2.28. The molecule has 0 saturated carbocycles. The molecule has 88 valence electrons. The Morgan fingerprint density at radius 1 is 1.44 bits per heavy atom. The summed E-state index contributed by atoms with van der Waals surface area (Å²) in [7, 11) is 0. The van der Waals surface area contributed by atoms with Crippen LogP contribution in [0.2, 0.25) is 0 Å². The van der Waals surface area contributed by atoms with Gasteiger partial charge in [0.1, 0.15) is 0 Å². The van der Waals surface area contributed by atoms with E-state index in [9.17, 15) is 14.3 Å². The number of carboxylic acid groups (broad SMARTS) is 1. The summed E-state index contributed by atoms with van der Waals surface area (Å²) in [6.45, 7) is 2.97. The number of carbonyl (C=O) groups is 1. The standard InChI is InChI=1S/C11H13FO4/c1-11(2,9(14)10(15)16)6-3-4-8(13)7(12)5-6/h3-5,9,13-14H,1-2H3,(H,15,16). The van der Waals surface area contributed by atoms with Crippen molar-refractivity contribution in [2.75, 3.05) is 0 Å². The Labute approximate surface area is 92.0 Å². The molecular formula is C11H13FO4. The van der Waals surface area contributed by atoms with Crippen molar-refractivity contribution in [2.45, 2.75) is 25.4 Å². The van der Waals surface area contributed by atoms with E-state index in [1.54, 1.807) is 0 Å². The minimum absolute atomic E-state index is 0.303. The molecule has 0 aliphatic carbocycles. The van der Waals surface area contributed by atoms with Gasteiger partial charge in [-0.05, 0) is 17.7 Å². The van der Waals surface area contributed by atoms with Crippen molar-refractivity contribution in [2.24, 2.45) is 0 Å². The number of aromatic hydroxyl groups is 1. The first-order valence-corrected chi connectivity index (χ1v) is 4.66. The van der Waals surface area contributed by atoms with E-state index in [-0.39, 0.29) is 0 Å². The van der Waals surface area contributed by atoms with Crippen LogP contribution in [0.15, 0.2) is 18.2 Å². The van der Waals surface area contributed by atoms with Crippen LogP contribution in [-0.2, 0) is 10.2 Å². The third-order valence-corrected chi connectivity index (χ3v) is 2.61. The lowest BCUT2D eigenvalue weighted by molar-refractivity contribution is -0.150. The first kappa shape index (κ1) is 12.4. The summed E-state index contributed by atoms with van der Waals surface area (Å²) in [5.41, 5.74) is -0.835. The van der Waals surface area contributed by atoms with Crippen molar-refractivity contribution < 1.29 is 24.5 Å². The number of rotatable bonds is 3. The van der Waals surface area contributed by atoms with Gasteiger partial charge in [-0.2, -0.15) is 0 Å². The summed E-state index contributed by atoms with van der Waals surface area (Å²) in [6, 6.07) is 3.52. The van der Waals surface area contributed by atoms with E-state index in [0.29, 0.717) is 5.56 Å². The summed E-state index contributed by atoms with van der Waals surface area (Å²) in [5.74, 6) is -2.73. The van der Waals surface area contributed by atoms with Crippen LogP contribution in [0.4, 0.5) is 4.39 Å². The third kappa shape index (κ3) is 2.14. The highest BCUT2D eigenvalue weighted by Gasteiger charge is 2.35. The van der Waals surface area contributed by atoms with Crippen LogP contribution in [0.5, 0.6) is 5.75 Å². The second-order valence-electron chi connectivity index (χ2n) is 4.13. The van der Waals surface area contributed by atoms with E-state index in [4.69, 9.17) is 10.2 Å². The number of aliphatic hydroxyl groups excluding tert-OH is 1. The average molecular weight is 228 g/mol. The van der Waals surface area contributed by atoms with Gasteiger partial charge in [-0.3, -0.25) is 0 Å². The van der Waals surface area contributed by atoms with Crippen LogP contribution in [0.1, 0.15) is 19.4 Å². The van der Waals surface area contributed by atoms with Crippen molar-refractivity contribution in [3.05, 3.63) is 29.6 Å². The van der Waals surface area contributed by atoms with Crippen molar-refractivity contribution in [1.82, 2.24) is 0 Å². The van der Waals surface area contributed by atoms with Gasteiger partial charge in [-0.25, -0.2) is 9.18 Å². The Morgan fingerprint density at radius 3 is 2.44 bits per heavy atom. The highest BCUT2D eigenvalue weighted by Crippen LogP contribution is 2.30. The highest BCUT2D eigenvalue weighted by atomic mass is 19.1. The summed E-state index contributed by atoms with van der Waals surface area (Å²) < 4.78 is 13.1. The number of hydrogen-bond acceptors (Lipinski definition) is 3. The normalized spacial score (nSPS) is 13.5. The maximum atomic E-state index is 13.1. The molecule has 0 aromatic heterocycles. The molecule has 16 heavy (non-hydrogen) atoms. The number of aliphatic carboxylic acids is 1. The second kappa shape index (κ2) is 4.09. The summed E-state index contributed by atoms with van der Waals surface area (Å²) >= 11 is 0. The van der Waals surface area contributed by atoms with Crippen LogP contribution in [0.3, 0.4) is 0 Å². The maximum absolute atomic E-state index is 13.1. The Hall–Kier alpha value is -1.62. The molecule has 5 heteroatoms. The first-order valence-electron chi connectivity index (χ1n) is 4.66. The molecule has 0 heterocycles. The van der Waals surface area contributed by atoms with Gasteiger partial charge < -0.3 is 15.3 Å².